The molecule has 0 spiro atoms. The molecule has 8 nitrogen and oxygen atoms in total. The van der Waals surface area contributed by atoms with Gasteiger partial charge in [-0.25, -0.2) is 15.0 Å². The first-order valence-electron chi connectivity index (χ1n) is 7.83. The molecule has 2 N–H and O–H groups in total. The first-order chi connectivity index (χ1) is 12.0. The zero-order chi connectivity index (χ0) is 17.6. The Morgan fingerprint density at radius 3 is 2.92 bits per heavy atom. The lowest BCUT2D eigenvalue weighted by molar-refractivity contribution is -0.152. The van der Waals surface area contributed by atoms with Crippen molar-refractivity contribution in [3.05, 3.63) is 36.3 Å². The van der Waals surface area contributed by atoms with Gasteiger partial charge in [-0.3, -0.25) is 9.59 Å². The molecule has 1 aromatic carbocycles. The minimum Gasteiger partial charge on any atom is -0.465 e. The van der Waals surface area contributed by atoms with E-state index in [2.05, 4.69) is 25.3 Å². The van der Waals surface area contributed by atoms with Crippen LogP contribution in [0, 0.1) is 0 Å². The van der Waals surface area contributed by atoms with Crippen LogP contribution in [0.3, 0.4) is 0 Å². The minimum absolute atomic E-state index is 0.210. The Morgan fingerprint density at radius 2 is 2.20 bits per heavy atom. The van der Waals surface area contributed by atoms with E-state index in [9.17, 15) is 9.59 Å². The summed E-state index contributed by atoms with van der Waals surface area (Å²) in [5.74, 6) is -0.379. The molecule has 8 heteroatoms. The van der Waals surface area contributed by atoms with E-state index in [1.54, 1.807) is 38.2 Å². The van der Waals surface area contributed by atoms with Crippen molar-refractivity contribution in [1.29, 1.82) is 0 Å². The van der Waals surface area contributed by atoms with Crippen LogP contribution in [-0.4, -0.2) is 38.4 Å². The summed E-state index contributed by atoms with van der Waals surface area (Å²) in [5.41, 5.74) is 1.79. The molecule has 1 aliphatic rings. The average Bonchev–Trinajstić information content (AvgIpc) is 3.14. The van der Waals surface area contributed by atoms with Gasteiger partial charge in [0.1, 0.15) is 12.0 Å². The van der Waals surface area contributed by atoms with E-state index < -0.39 is 17.3 Å². The normalized spacial score (nSPS) is 18.9. The van der Waals surface area contributed by atoms with Crippen LogP contribution in [0.1, 0.15) is 19.4 Å². The van der Waals surface area contributed by atoms with Crippen molar-refractivity contribution in [2.75, 3.05) is 11.9 Å². The highest BCUT2D eigenvalue weighted by Crippen LogP contribution is 2.40. The van der Waals surface area contributed by atoms with E-state index in [4.69, 9.17) is 4.74 Å². The molecule has 0 saturated heterocycles. The van der Waals surface area contributed by atoms with E-state index in [-0.39, 0.29) is 6.61 Å². The highest BCUT2D eigenvalue weighted by Gasteiger charge is 2.50. The summed E-state index contributed by atoms with van der Waals surface area (Å²) >= 11 is 0. The number of aromatic amines is 1. The van der Waals surface area contributed by atoms with Crippen molar-refractivity contribution in [3.8, 4) is 11.5 Å². The molecule has 1 amide bonds. The Balaban J connectivity index is 1.85. The Bertz CT molecular complexity index is 998. The molecular weight excluding hydrogens is 322 g/mol. The maximum Gasteiger partial charge on any atom is 0.326 e. The predicted molar refractivity (Wildman–Crippen MR) is 89.7 cm³/mol. The fraction of sp³-hybridized carbons (Fsp3) is 0.235. The van der Waals surface area contributed by atoms with Crippen LogP contribution < -0.4 is 5.32 Å². The zero-order valence-corrected chi connectivity index (χ0v) is 13.7. The summed E-state index contributed by atoms with van der Waals surface area (Å²) in [6.45, 7) is 3.49. The van der Waals surface area contributed by atoms with Gasteiger partial charge in [0.2, 0.25) is 5.91 Å². The van der Waals surface area contributed by atoms with Crippen molar-refractivity contribution in [2.24, 2.45) is 0 Å². The highest BCUT2D eigenvalue weighted by molar-refractivity contribution is 6.19. The Hall–Kier alpha value is -3.29. The number of fused-ring (bicyclic) bond motifs is 2. The first-order valence-corrected chi connectivity index (χ1v) is 7.83. The van der Waals surface area contributed by atoms with Crippen molar-refractivity contribution in [3.63, 3.8) is 0 Å². The SMILES string of the molecule is CCOC(=O)C1(C)C(=O)Nc2cc3nc(-c4ccncn4)[nH]c3cc21. The van der Waals surface area contributed by atoms with Gasteiger partial charge in [-0.15, -0.1) is 0 Å². The number of nitrogens with one attached hydrogen (secondary N) is 2. The summed E-state index contributed by atoms with van der Waals surface area (Å²) in [6, 6.07) is 5.25. The second-order valence-electron chi connectivity index (χ2n) is 5.89. The summed E-state index contributed by atoms with van der Waals surface area (Å²) in [4.78, 5) is 40.5. The van der Waals surface area contributed by atoms with Gasteiger partial charge < -0.3 is 15.0 Å². The highest BCUT2D eigenvalue weighted by atomic mass is 16.5. The zero-order valence-electron chi connectivity index (χ0n) is 13.7. The summed E-state index contributed by atoms with van der Waals surface area (Å²) < 4.78 is 5.10. The number of nitrogens with zero attached hydrogens (tertiary/aromatic N) is 3. The van der Waals surface area contributed by atoms with Gasteiger partial charge in [-0.1, -0.05) is 0 Å². The number of anilines is 1. The van der Waals surface area contributed by atoms with Crippen LogP contribution in [0.15, 0.2) is 30.7 Å². The van der Waals surface area contributed by atoms with Crippen molar-refractivity contribution in [1.82, 2.24) is 19.9 Å². The number of rotatable bonds is 3. The third-order valence-corrected chi connectivity index (χ3v) is 4.37. The standard InChI is InChI=1S/C17H15N5O3/c1-3-25-16(24)17(2)9-6-12-13(7-11(9)22-15(17)23)21-14(20-12)10-4-5-18-8-19-10/h4-8H,3H2,1-2H3,(H,20,21)(H,22,23). The first kappa shape index (κ1) is 15.3. The Morgan fingerprint density at radius 1 is 1.36 bits per heavy atom. The maximum absolute atomic E-state index is 12.4. The molecule has 3 heterocycles. The fourth-order valence-electron chi connectivity index (χ4n) is 2.97. The number of hydrogen-bond acceptors (Lipinski definition) is 6. The topological polar surface area (TPSA) is 110 Å². The predicted octanol–water partition coefficient (Wildman–Crippen LogP) is 1.79. The maximum atomic E-state index is 12.4. The molecule has 0 bridgehead atoms. The molecule has 126 valence electrons. The van der Waals surface area contributed by atoms with Gasteiger partial charge in [-0.05, 0) is 32.0 Å². The van der Waals surface area contributed by atoms with E-state index >= 15 is 0 Å². The van der Waals surface area contributed by atoms with Crippen LogP contribution >= 0.6 is 0 Å². The van der Waals surface area contributed by atoms with Gasteiger partial charge >= 0.3 is 5.97 Å². The third-order valence-electron chi connectivity index (χ3n) is 4.37. The molecule has 25 heavy (non-hydrogen) atoms. The number of hydrogen-bond donors (Lipinski definition) is 2. The average molecular weight is 337 g/mol. The van der Waals surface area contributed by atoms with Crippen molar-refractivity contribution in [2.45, 2.75) is 19.3 Å². The number of H-pyrrole nitrogens is 1. The molecule has 0 fully saturated rings. The Kier molecular flexibility index (Phi) is 3.28. The smallest absolute Gasteiger partial charge is 0.326 e. The molecule has 3 aromatic rings. The molecule has 2 aromatic heterocycles. The number of ether oxygens (including phenoxy) is 1. The van der Waals surface area contributed by atoms with E-state index in [0.29, 0.717) is 33.8 Å². The van der Waals surface area contributed by atoms with E-state index in [0.717, 1.165) is 0 Å². The molecule has 1 aliphatic heterocycles. The summed E-state index contributed by atoms with van der Waals surface area (Å²) in [7, 11) is 0. The number of carbonyl (C=O) groups excluding carboxylic acids is 2. The lowest BCUT2D eigenvalue weighted by atomic mass is 9.83. The molecule has 0 aliphatic carbocycles. The second-order valence-corrected chi connectivity index (χ2v) is 5.89. The van der Waals surface area contributed by atoms with Gasteiger partial charge in [-0.2, -0.15) is 0 Å². The number of imidazole rings is 1. The second kappa shape index (κ2) is 5.37. The lowest BCUT2D eigenvalue weighted by Crippen LogP contribution is -2.40. The van der Waals surface area contributed by atoms with Gasteiger partial charge in [0, 0.05) is 17.4 Å². The van der Waals surface area contributed by atoms with Gasteiger partial charge in [0.25, 0.3) is 0 Å². The van der Waals surface area contributed by atoms with Crippen molar-refractivity contribution >= 4 is 28.6 Å². The quantitative estimate of drug-likeness (QED) is 0.557. The molecule has 0 saturated carbocycles. The minimum atomic E-state index is -1.38. The number of benzene rings is 1. The van der Waals surface area contributed by atoms with Gasteiger partial charge in [0.05, 0.1) is 17.6 Å². The van der Waals surface area contributed by atoms with E-state index in [1.807, 2.05) is 0 Å². The van der Waals surface area contributed by atoms with E-state index in [1.165, 1.54) is 6.33 Å². The lowest BCUT2D eigenvalue weighted by Gasteiger charge is -2.19. The molecule has 0 radical (unpaired) electrons. The van der Waals surface area contributed by atoms with Crippen LogP contribution in [0.25, 0.3) is 22.6 Å². The number of esters is 1. The molecule has 1 unspecified atom stereocenters. The monoisotopic (exact) mass is 337 g/mol. The Labute approximate surface area is 142 Å². The van der Waals surface area contributed by atoms with Crippen LogP contribution in [0.5, 0.6) is 0 Å². The fourth-order valence-corrected chi connectivity index (χ4v) is 2.97. The number of amides is 1. The summed E-state index contributed by atoms with van der Waals surface area (Å²) in [6.07, 6.45) is 3.08. The molecular formula is C17H15N5O3. The third kappa shape index (κ3) is 2.18. The van der Waals surface area contributed by atoms with Gasteiger partial charge in [0.15, 0.2) is 11.2 Å². The number of aromatic nitrogens is 4. The number of carbonyl (C=O) groups is 2. The van der Waals surface area contributed by atoms with Crippen molar-refractivity contribution < 1.29 is 14.3 Å². The largest absolute Gasteiger partial charge is 0.465 e. The van der Waals surface area contributed by atoms with Crippen LogP contribution in [0.2, 0.25) is 0 Å². The summed E-state index contributed by atoms with van der Waals surface area (Å²) in [5, 5.41) is 2.75. The molecule has 4 rings (SSSR count). The molecule has 1 atom stereocenters. The van der Waals surface area contributed by atoms with Crippen LogP contribution in [-0.2, 0) is 19.7 Å². The van der Waals surface area contributed by atoms with Crippen LogP contribution in [0.4, 0.5) is 5.69 Å².